The molecular formula is C19H23N3O4. The van der Waals surface area contributed by atoms with E-state index in [-0.39, 0.29) is 5.56 Å². The summed E-state index contributed by atoms with van der Waals surface area (Å²) in [5.41, 5.74) is 1.49. The van der Waals surface area contributed by atoms with Crippen LogP contribution < -0.4 is 5.32 Å². The Morgan fingerprint density at radius 2 is 1.73 bits per heavy atom. The van der Waals surface area contributed by atoms with Crippen molar-refractivity contribution < 1.29 is 19.1 Å². The van der Waals surface area contributed by atoms with Crippen molar-refractivity contribution >= 4 is 17.7 Å². The minimum absolute atomic E-state index is 0.190. The van der Waals surface area contributed by atoms with E-state index in [1.165, 1.54) is 0 Å². The number of aromatic nitrogens is 2. The van der Waals surface area contributed by atoms with Gasteiger partial charge < -0.3 is 10.1 Å². The molecule has 0 fully saturated rings. The van der Waals surface area contributed by atoms with Gasteiger partial charge in [-0.05, 0) is 46.8 Å². The number of esters is 1. The van der Waals surface area contributed by atoms with Crippen molar-refractivity contribution in [3.8, 4) is 5.69 Å². The number of hydrogen-bond donors (Lipinski definition) is 1. The predicted octanol–water partition coefficient (Wildman–Crippen LogP) is 2.13. The van der Waals surface area contributed by atoms with Crippen LogP contribution in [0.3, 0.4) is 0 Å². The molecule has 138 valence electrons. The smallest absolute Gasteiger partial charge is 0.380 e. The Morgan fingerprint density at radius 3 is 2.31 bits per heavy atom. The first kappa shape index (κ1) is 19.4. The van der Waals surface area contributed by atoms with Crippen molar-refractivity contribution in [3.63, 3.8) is 0 Å². The summed E-state index contributed by atoms with van der Waals surface area (Å²) < 4.78 is 6.45. The van der Waals surface area contributed by atoms with Gasteiger partial charge in [0.05, 0.1) is 22.6 Å². The summed E-state index contributed by atoms with van der Waals surface area (Å²) >= 11 is 0. The van der Waals surface area contributed by atoms with Gasteiger partial charge in [-0.3, -0.25) is 9.59 Å². The zero-order valence-corrected chi connectivity index (χ0v) is 15.6. The van der Waals surface area contributed by atoms with Crippen LogP contribution in [-0.4, -0.2) is 39.6 Å². The number of Topliss-reactive ketones (excluding diaryl/α,β-unsaturated/α-hetero) is 1. The van der Waals surface area contributed by atoms with Crippen molar-refractivity contribution in [1.29, 1.82) is 0 Å². The minimum Gasteiger partial charge on any atom is -0.450 e. The molecule has 2 rings (SSSR count). The Balaban J connectivity index is 2.13. The van der Waals surface area contributed by atoms with Gasteiger partial charge in [0.1, 0.15) is 0 Å². The number of para-hydroxylation sites is 1. The Hall–Kier alpha value is -2.96. The van der Waals surface area contributed by atoms with Gasteiger partial charge in [0, 0.05) is 5.54 Å². The molecule has 1 aromatic heterocycles. The van der Waals surface area contributed by atoms with Gasteiger partial charge >= 0.3 is 5.97 Å². The van der Waals surface area contributed by atoms with Gasteiger partial charge in [-0.25, -0.2) is 9.48 Å². The first-order valence-corrected chi connectivity index (χ1v) is 8.24. The monoisotopic (exact) mass is 357 g/mol. The Morgan fingerprint density at radius 1 is 1.12 bits per heavy atom. The highest BCUT2D eigenvalue weighted by molar-refractivity contribution is 6.41. The van der Waals surface area contributed by atoms with Crippen LogP contribution in [0.4, 0.5) is 0 Å². The molecule has 0 atom stereocenters. The van der Waals surface area contributed by atoms with Crippen LogP contribution >= 0.6 is 0 Å². The number of hydrogen-bond acceptors (Lipinski definition) is 5. The third-order valence-electron chi connectivity index (χ3n) is 3.55. The molecule has 7 heteroatoms. The van der Waals surface area contributed by atoms with Crippen molar-refractivity contribution in [3.05, 3.63) is 47.3 Å². The topological polar surface area (TPSA) is 90.3 Å². The molecule has 0 aliphatic carbocycles. The molecule has 0 unspecified atom stereocenters. The van der Waals surface area contributed by atoms with Gasteiger partial charge in [0.2, 0.25) is 0 Å². The Labute approximate surface area is 152 Å². The number of rotatable bonds is 5. The predicted molar refractivity (Wildman–Crippen MR) is 96.2 cm³/mol. The van der Waals surface area contributed by atoms with E-state index in [0.717, 1.165) is 5.69 Å². The quantitative estimate of drug-likeness (QED) is 0.503. The fraction of sp³-hybridized carbons (Fsp3) is 0.368. The zero-order valence-electron chi connectivity index (χ0n) is 15.6. The lowest BCUT2D eigenvalue weighted by molar-refractivity contribution is -0.144. The molecule has 7 nitrogen and oxygen atoms in total. The van der Waals surface area contributed by atoms with Crippen molar-refractivity contribution in [2.75, 3.05) is 6.61 Å². The second-order valence-corrected chi connectivity index (χ2v) is 7.00. The van der Waals surface area contributed by atoms with Crippen molar-refractivity contribution in [2.24, 2.45) is 0 Å². The lowest BCUT2D eigenvalue weighted by Crippen LogP contribution is -2.43. The van der Waals surface area contributed by atoms with Crippen LogP contribution in [0.15, 0.2) is 30.3 Å². The molecule has 26 heavy (non-hydrogen) atoms. The third kappa shape index (κ3) is 4.56. The minimum atomic E-state index is -1.08. The SMILES string of the molecule is Cc1nn(-c2ccccc2)c(C)c1C(=O)C(=O)OCC(=O)NC(C)(C)C. The van der Waals surface area contributed by atoms with Crippen LogP contribution in [-0.2, 0) is 14.3 Å². The first-order chi connectivity index (χ1) is 12.1. The summed E-state index contributed by atoms with van der Waals surface area (Å²) in [5, 5.41) is 6.99. The lowest BCUT2D eigenvalue weighted by atomic mass is 10.1. The normalized spacial score (nSPS) is 11.1. The van der Waals surface area contributed by atoms with Gasteiger partial charge in [-0.15, -0.1) is 0 Å². The Bertz CT molecular complexity index is 832. The fourth-order valence-electron chi connectivity index (χ4n) is 2.54. The average Bonchev–Trinajstić information content (AvgIpc) is 2.86. The summed E-state index contributed by atoms with van der Waals surface area (Å²) in [4.78, 5) is 36.3. The van der Waals surface area contributed by atoms with E-state index in [9.17, 15) is 14.4 Å². The highest BCUT2D eigenvalue weighted by atomic mass is 16.5. The number of aryl methyl sites for hydroxylation is 1. The van der Waals surface area contributed by atoms with E-state index in [1.54, 1.807) is 18.5 Å². The Kier molecular flexibility index (Phi) is 5.59. The second kappa shape index (κ2) is 7.51. The van der Waals surface area contributed by atoms with Crippen LogP contribution in [0.1, 0.15) is 42.5 Å². The van der Waals surface area contributed by atoms with E-state index in [4.69, 9.17) is 4.74 Å². The zero-order chi connectivity index (χ0) is 19.5. The van der Waals surface area contributed by atoms with Crippen LogP contribution in [0.25, 0.3) is 5.69 Å². The summed E-state index contributed by atoms with van der Waals surface area (Å²) in [7, 11) is 0. The van der Waals surface area contributed by atoms with E-state index < -0.39 is 29.8 Å². The molecule has 0 saturated carbocycles. The summed E-state index contributed by atoms with van der Waals surface area (Å²) in [6, 6.07) is 9.29. The molecule has 0 aliphatic rings. The number of amides is 1. The van der Waals surface area contributed by atoms with Gasteiger partial charge in [0.15, 0.2) is 6.61 Å². The number of nitrogens with one attached hydrogen (secondary N) is 1. The van der Waals surface area contributed by atoms with Crippen LogP contribution in [0.5, 0.6) is 0 Å². The molecular weight excluding hydrogens is 334 g/mol. The average molecular weight is 357 g/mol. The molecule has 0 spiro atoms. The van der Waals surface area contributed by atoms with Gasteiger partial charge in [0.25, 0.3) is 11.7 Å². The maximum atomic E-state index is 12.5. The van der Waals surface area contributed by atoms with E-state index in [2.05, 4.69) is 10.4 Å². The molecule has 1 N–H and O–H groups in total. The van der Waals surface area contributed by atoms with Crippen LogP contribution in [0, 0.1) is 13.8 Å². The first-order valence-electron chi connectivity index (χ1n) is 8.24. The molecule has 0 bridgehead atoms. The summed E-state index contributed by atoms with van der Waals surface area (Å²) in [6.45, 7) is 8.28. The number of carbonyl (C=O) groups excluding carboxylic acids is 3. The summed E-state index contributed by atoms with van der Waals surface area (Å²) in [6.07, 6.45) is 0. The molecule has 0 saturated heterocycles. The van der Waals surface area contributed by atoms with E-state index in [0.29, 0.717) is 11.4 Å². The largest absolute Gasteiger partial charge is 0.450 e. The molecule has 0 aliphatic heterocycles. The van der Waals surface area contributed by atoms with Crippen molar-refractivity contribution in [1.82, 2.24) is 15.1 Å². The molecule has 1 heterocycles. The highest BCUT2D eigenvalue weighted by Crippen LogP contribution is 2.18. The third-order valence-corrected chi connectivity index (χ3v) is 3.55. The van der Waals surface area contributed by atoms with Crippen molar-refractivity contribution in [2.45, 2.75) is 40.2 Å². The number of ketones is 1. The number of carbonyl (C=O) groups is 3. The van der Waals surface area contributed by atoms with E-state index in [1.807, 2.05) is 51.1 Å². The molecule has 0 radical (unpaired) electrons. The van der Waals surface area contributed by atoms with Crippen LogP contribution in [0.2, 0.25) is 0 Å². The molecule has 2 aromatic rings. The lowest BCUT2D eigenvalue weighted by Gasteiger charge is -2.20. The van der Waals surface area contributed by atoms with Gasteiger partial charge in [-0.2, -0.15) is 5.10 Å². The highest BCUT2D eigenvalue weighted by Gasteiger charge is 2.27. The fourth-order valence-corrected chi connectivity index (χ4v) is 2.54. The maximum Gasteiger partial charge on any atom is 0.380 e. The number of ether oxygens (including phenoxy) is 1. The van der Waals surface area contributed by atoms with E-state index >= 15 is 0 Å². The summed E-state index contributed by atoms with van der Waals surface area (Å²) in [5.74, 6) is -2.36. The second-order valence-electron chi connectivity index (χ2n) is 7.00. The van der Waals surface area contributed by atoms with Gasteiger partial charge in [-0.1, -0.05) is 18.2 Å². The maximum absolute atomic E-state index is 12.5. The number of benzene rings is 1. The molecule has 1 aromatic carbocycles. The number of nitrogens with zero attached hydrogens (tertiary/aromatic N) is 2. The standard InChI is InChI=1S/C19H23N3O4/c1-12-16(13(2)22(21-12)14-9-7-6-8-10-14)17(24)18(25)26-11-15(23)20-19(3,4)5/h6-10H,11H2,1-5H3,(H,20,23). The molecule has 1 amide bonds.